The number of nitriles is 1. The molecule has 5 rings (SSSR count). The molecular weight excluding hydrogens is 584 g/mol. The van der Waals surface area contributed by atoms with E-state index < -0.39 is 5.91 Å². The summed E-state index contributed by atoms with van der Waals surface area (Å²) in [5.74, 6) is -0.673. The Morgan fingerprint density at radius 1 is 1.04 bits per heavy atom. The molecule has 1 aliphatic rings. The zero-order valence-corrected chi connectivity index (χ0v) is 26.1. The molecule has 2 aromatic heterocycles. The number of carbonyl (C=O) groups is 3. The van der Waals surface area contributed by atoms with Crippen LogP contribution in [-0.4, -0.2) is 71.0 Å². The minimum absolute atomic E-state index is 0.0140. The summed E-state index contributed by atoms with van der Waals surface area (Å²) in [7, 11) is 3.29. The van der Waals surface area contributed by atoms with Crippen molar-refractivity contribution in [3.63, 3.8) is 0 Å². The largest absolute Gasteiger partial charge is 0.383 e. The first-order chi connectivity index (χ1) is 22.3. The molecule has 0 saturated heterocycles. The van der Waals surface area contributed by atoms with Gasteiger partial charge >= 0.3 is 0 Å². The van der Waals surface area contributed by atoms with Gasteiger partial charge in [-0.25, -0.2) is 9.97 Å². The molecule has 12 heteroatoms. The van der Waals surface area contributed by atoms with Crippen LogP contribution in [0.4, 0.5) is 5.82 Å². The fourth-order valence-electron chi connectivity index (χ4n) is 5.96. The number of fused-ring (bicyclic) bond motifs is 1. The van der Waals surface area contributed by atoms with Gasteiger partial charge in [0.15, 0.2) is 0 Å². The molecular formula is C34H38N8O4. The van der Waals surface area contributed by atoms with Crippen LogP contribution in [0.2, 0.25) is 0 Å². The summed E-state index contributed by atoms with van der Waals surface area (Å²) in [6.45, 7) is 0.763. The Balaban J connectivity index is 1.42. The van der Waals surface area contributed by atoms with Crippen LogP contribution < -0.4 is 16.4 Å². The van der Waals surface area contributed by atoms with Gasteiger partial charge in [0, 0.05) is 38.9 Å². The number of amides is 3. The number of benzene rings is 2. The summed E-state index contributed by atoms with van der Waals surface area (Å²) in [5.41, 5.74) is 9.77. The van der Waals surface area contributed by atoms with Crippen molar-refractivity contribution in [3.8, 4) is 17.2 Å². The highest BCUT2D eigenvalue weighted by Gasteiger charge is 2.29. The number of carbonyl (C=O) groups excluding carboxylic acids is 3. The summed E-state index contributed by atoms with van der Waals surface area (Å²) in [6, 6.07) is 18.8. The SMILES string of the molecule is CNc1nc(C#N)nc2c1cc(C(=O)N(CC(N)=O)Cc1ccc(-c3ccc(C(=O)NCCOC)cc3)cc1)n2C1CCCCC1. The standard InChI is InChI=1S/C34H38N8O4/c1-37-31-27-18-28(42(26-6-4-3-5-7-26)32(27)40-30(19-35)39-31)34(45)41(21-29(36)43)20-22-8-10-23(11-9-22)24-12-14-25(15-13-24)33(44)38-16-17-46-2/h8-15,18,26H,3-7,16-17,20-21H2,1-2H3,(H2,36,43)(H,38,44)(H,37,39,40). The molecule has 1 aliphatic carbocycles. The lowest BCUT2D eigenvalue weighted by Crippen LogP contribution is -2.39. The number of anilines is 1. The maximum Gasteiger partial charge on any atom is 0.271 e. The van der Waals surface area contributed by atoms with E-state index in [0.717, 1.165) is 48.8 Å². The first-order valence-electron chi connectivity index (χ1n) is 15.4. The van der Waals surface area contributed by atoms with E-state index in [1.54, 1.807) is 32.4 Å². The molecule has 12 nitrogen and oxygen atoms in total. The summed E-state index contributed by atoms with van der Waals surface area (Å²) in [6.07, 6.45) is 4.92. The van der Waals surface area contributed by atoms with Crippen LogP contribution in [-0.2, 0) is 16.1 Å². The van der Waals surface area contributed by atoms with Crippen LogP contribution in [0, 0.1) is 11.3 Å². The van der Waals surface area contributed by atoms with Gasteiger partial charge in [0.1, 0.15) is 29.8 Å². The number of nitrogens with zero attached hydrogens (tertiary/aromatic N) is 5. The number of nitrogens with two attached hydrogens (primary N) is 1. The predicted octanol–water partition coefficient (Wildman–Crippen LogP) is 4.02. The smallest absolute Gasteiger partial charge is 0.271 e. The highest BCUT2D eigenvalue weighted by atomic mass is 16.5. The van der Waals surface area contributed by atoms with Crippen molar-refractivity contribution in [2.45, 2.75) is 44.7 Å². The fraction of sp³-hybridized carbons (Fsp3) is 0.353. The average Bonchev–Trinajstić information content (AvgIpc) is 3.47. The van der Waals surface area contributed by atoms with Crippen LogP contribution in [0.3, 0.4) is 0 Å². The highest BCUT2D eigenvalue weighted by Crippen LogP contribution is 2.35. The lowest BCUT2D eigenvalue weighted by molar-refractivity contribution is -0.118. The Morgan fingerprint density at radius 2 is 1.72 bits per heavy atom. The van der Waals surface area contributed by atoms with Crippen molar-refractivity contribution in [2.24, 2.45) is 5.73 Å². The minimum atomic E-state index is -0.626. The third-order valence-electron chi connectivity index (χ3n) is 8.22. The fourth-order valence-corrected chi connectivity index (χ4v) is 5.96. The minimum Gasteiger partial charge on any atom is -0.383 e. The van der Waals surface area contributed by atoms with E-state index in [1.807, 2.05) is 47.0 Å². The molecule has 238 valence electrons. The van der Waals surface area contributed by atoms with Gasteiger partial charge in [0.05, 0.1) is 12.0 Å². The third-order valence-corrected chi connectivity index (χ3v) is 8.22. The van der Waals surface area contributed by atoms with Gasteiger partial charge in [0.25, 0.3) is 11.8 Å². The molecule has 1 saturated carbocycles. The molecule has 4 N–H and O–H groups in total. The van der Waals surface area contributed by atoms with Crippen LogP contribution >= 0.6 is 0 Å². The molecule has 4 aromatic rings. The summed E-state index contributed by atoms with van der Waals surface area (Å²) in [5, 5.41) is 16.1. The second-order valence-electron chi connectivity index (χ2n) is 11.3. The van der Waals surface area contributed by atoms with Crippen LogP contribution in [0.1, 0.15) is 70.4 Å². The molecule has 0 bridgehead atoms. The van der Waals surface area contributed by atoms with E-state index >= 15 is 0 Å². The number of nitrogens with one attached hydrogen (secondary N) is 2. The van der Waals surface area contributed by atoms with Crippen molar-refractivity contribution in [1.29, 1.82) is 5.26 Å². The number of methoxy groups -OCH3 is 1. The van der Waals surface area contributed by atoms with Gasteiger partial charge in [-0.2, -0.15) is 5.26 Å². The van der Waals surface area contributed by atoms with Crippen molar-refractivity contribution < 1.29 is 19.1 Å². The second kappa shape index (κ2) is 14.7. The van der Waals surface area contributed by atoms with Gasteiger partial charge in [-0.15, -0.1) is 0 Å². The van der Waals surface area contributed by atoms with Gasteiger partial charge < -0.3 is 30.6 Å². The van der Waals surface area contributed by atoms with Crippen molar-refractivity contribution in [3.05, 3.63) is 77.2 Å². The Bertz CT molecular complexity index is 1750. The Labute approximate surface area is 267 Å². The summed E-state index contributed by atoms with van der Waals surface area (Å²) >= 11 is 0. The average molecular weight is 623 g/mol. The normalized spacial score (nSPS) is 13.2. The molecule has 0 unspecified atom stereocenters. The van der Waals surface area contributed by atoms with Crippen LogP contribution in [0.15, 0.2) is 54.6 Å². The zero-order valence-electron chi connectivity index (χ0n) is 26.1. The van der Waals surface area contributed by atoms with E-state index in [1.165, 1.54) is 4.90 Å². The molecule has 46 heavy (non-hydrogen) atoms. The topological polar surface area (TPSA) is 168 Å². The van der Waals surface area contributed by atoms with E-state index in [2.05, 4.69) is 20.6 Å². The van der Waals surface area contributed by atoms with E-state index in [4.69, 9.17) is 10.5 Å². The Morgan fingerprint density at radius 3 is 2.33 bits per heavy atom. The molecule has 2 aromatic carbocycles. The maximum absolute atomic E-state index is 14.3. The molecule has 1 fully saturated rings. The lowest BCUT2D eigenvalue weighted by atomic mass is 9.95. The number of hydrogen-bond donors (Lipinski definition) is 3. The van der Waals surface area contributed by atoms with E-state index in [0.29, 0.717) is 41.3 Å². The summed E-state index contributed by atoms with van der Waals surface area (Å²) in [4.78, 5) is 49.0. The lowest BCUT2D eigenvalue weighted by Gasteiger charge is -2.28. The number of ether oxygens (including phenoxy) is 1. The summed E-state index contributed by atoms with van der Waals surface area (Å²) < 4.78 is 6.90. The van der Waals surface area contributed by atoms with Crippen LogP contribution in [0.25, 0.3) is 22.2 Å². The van der Waals surface area contributed by atoms with Crippen molar-refractivity contribution >= 4 is 34.6 Å². The van der Waals surface area contributed by atoms with Gasteiger partial charge in [-0.05, 0) is 47.7 Å². The maximum atomic E-state index is 14.3. The van der Waals surface area contributed by atoms with Gasteiger partial charge in [-0.3, -0.25) is 14.4 Å². The van der Waals surface area contributed by atoms with E-state index in [9.17, 15) is 19.6 Å². The first kappa shape index (κ1) is 32.1. The second-order valence-corrected chi connectivity index (χ2v) is 11.3. The molecule has 0 spiro atoms. The monoisotopic (exact) mass is 622 g/mol. The van der Waals surface area contributed by atoms with E-state index in [-0.39, 0.29) is 36.8 Å². The number of aromatic nitrogens is 3. The Kier molecular flexibility index (Phi) is 10.2. The quantitative estimate of drug-likeness (QED) is 0.199. The zero-order chi connectivity index (χ0) is 32.6. The van der Waals surface area contributed by atoms with Gasteiger partial charge in [-0.1, -0.05) is 55.7 Å². The van der Waals surface area contributed by atoms with Crippen molar-refractivity contribution in [1.82, 2.24) is 24.8 Å². The third kappa shape index (κ3) is 7.16. The first-order valence-corrected chi connectivity index (χ1v) is 15.4. The number of rotatable bonds is 12. The highest BCUT2D eigenvalue weighted by molar-refractivity contribution is 6.02. The van der Waals surface area contributed by atoms with Gasteiger partial charge in [0.2, 0.25) is 11.7 Å². The number of primary amides is 1. The molecule has 2 heterocycles. The molecule has 0 aliphatic heterocycles. The number of hydrogen-bond acceptors (Lipinski definition) is 8. The predicted molar refractivity (Wildman–Crippen MR) is 174 cm³/mol. The molecule has 3 amide bonds. The Hall–Kier alpha value is -5.28. The van der Waals surface area contributed by atoms with Crippen molar-refractivity contribution in [2.75, 3.05) is 39.2 Å². The molecule has 0 radical (unpaired) electrons. The molecule has 0 atom stereocenters. The van der Waals surface area contributed by atoms with Crippen LogP contribution in [0.5, 0.6) is 0 Å².